The van der Waals surface area contributed by atoms with E-state index < -0.39 is 5.97 Å². The molecule has 3 atom stereocenters. The van der Waals surface area contributed by atoms with Crippen LogP contribution in [0, 0.1) is 5.92 Å². The molecule has 2 heterocycles. The van der Waals surface area contributed by atoms with E-state index >= 15 is 0 Å². The van der Waals surface area contributed by atoms with Gasteiger partial charge in [0.25, 0.3) is 0 Å². The standard InChI is InChI=1S/C14H21NO5/c1-3-19-14(18)12-7-15-6-10(13(12)17)4-5-11(15)8-20-9(2)16/h10-11,17H,3-8H2,1-2H3. The SMILES string of the molecule is CCOC(=O)C1=C(O)C2CCC(COC(C)=O)N(C1)C2. The highest BCUT2D eigenvalue weighted by molar-refractivity contribution is 5.89. The first-order valence-electron chi connectivity index (χ1n) is 6.99. The summed E-state index contributed by atoms with van der Waals surface area (Å²) in [5, 5.41) is 10.1. The maximum Gasteiger partial charge on any atom is 0.338 e. The number of nitrogens with zero attached hydrogens (tertiary/aromatic N) is 1. The molecule has 0 amide bonds. The fourth-order valence-electron chi connectivity index (χ4n) is 2.84. The zero-order valence-corrected chi connectivity index (χ0v) is 11.9. The van der Waals surface area contributed by atoms with Crippen LogP contribution in [0.2, 0.25) is 0 Å². The molecule has 0 aliphatic carbocycles. The van der Waals surface area contributed by atoms with Crippen molar-refractivity contribution in [1.82, 2.24) is 4.90 Å². The number of rotatable bonds is 4. The summed E-state index contributed by atoms with van der Waals surface area (Å²) in [6, 6.07) is 0.104. The van der Waals surface area contributed by atoms with Gasteiger partial charge in [0.2, 0.25) is 0 Å². The molecule has 2 aliphatic rings. The topological polar surface area (TPSA) is 76.1 Å². The minimum atomic E-state index is -0.451. The van der Waals surface area contributed by atoms with Crippen molar-refractivity contribution in [3.63, 3.8) is 0 Å². The molecular weight excluding hydrogens is 262 g/mol. The van der Waals surface area contributed by atoms with Gasteiger partial charge in [-0.3, -0.25) is 9.69 Å². The number of esters is 2. The molecule has 2 rings (SSSR count). The van der Waals surface area contributed by atoms with Gasteiger partial charge in [-0.05, 0) is 19.8 Å². The molecule has 0 spiro atoms. The normalized spacial score (nSPS) is 29.0. The van der Waals surface area contributed by atoms with Crippen LogP contribution >= 0.6 is 0 Å². The number of piperidine rings is 1. The lowest BCUT2D eigenvalue weighted by Crippen LogP contribution is -2.51. The Balaban J connectivity index is 2.07. The fraction of sp³-hybridized carbons (Fsp3) is 0.714. The number of aliphatic hydroxyl groups is 1. The van der Waals surface area contributed by atoms with E-state index in [1.807, 2.05) is 0 Å². The van der Waals surface area contributed by atoms with E-state index in [1.54, 1.807) is 6.92 Å². The predicted molar refractivity (Wildman–Crippen MR) is 71.0 cm³/mol. The van der Waals surface area contributed by atoms with Crippen LogP contribution in [0.15, 0.2) is 11.3 Å². The molecule has 20 heavy (non-hydrogen) atoms. The molecular formula is C14H21NO5. The van der Waals surface area contributed by atoms with E-state index in [0.717, 1.165) is 12.8 Å². The van der Waals surface area contributed by atoms with Crippen LogP contribution in [0.1, 0.15) is 26.7 Å². The molecule has 2 bridgehead atoms. The summed E-state index contributed by atoms with van der Waals surface area (Å²) in [4.78, 5) is 24.9. The van der Waals surface area contributed by atoms with Crippen molar-refractivity contribution in [2.24, 2.45) is 5.92 Å². The second-order valence-corrected chi connectivity index (χ2v) is 5.24. The smallest absolute Gasteiger partial charge is 0.338 e. The first-order valence-corrected chi connectivity index (χ1v) is 6.99. The number of carbonyl (C=O) groups is 2. The lowest BCUT2D eigenvalue weighted by molar-refractivity contribution is -0.144. The summed E-state index contributed by atoms with van der Waals surface area (Å²) in [6.07, 6.45) is 1.63. The van der Waals surface area contributed by atoms with Crippen molar-refractivity contribution < 1.29 is 24.2 Å². The molecule has 1 saturated heterocycles. The summed E-state index contributed by atoms with van der Waals surface area (Å²) in [5.74, 6) is -0.594. The number of hydrogen-bond acceptors (Lipinski definition) is 6. The molecule has 0 radical (unpaired) electrons. The predicted octanol–water partition coefficient (Wildman–Crippen LogP) is 1.02. The van der Waals surface area contributed by atoms with Crippen molar-refractivity contribution >= 4 is 11.9 Å². The van der Waals surface area contributed by atoms with Crippen LogP contribution in [-0.4, -0.2) is 54.3 Å². The highest BCUT2D eigenvalue weighted by Gasteiger charge is 2.38. The molecule has 0 aromatic heterocycles. The van der Waals surface area contributed by atoms with Gasteiger partial charge in [-0.2, -0.15) is 0 Å². The quantitative estimate of drug-likeness (QED) is 0.776. The number of hydrogen-bond donors (Lipinski definition) is 1. The summed E-state index contributed by atoms with van der Waals surface area (Å²) < 4.78 is 10.0. The third-order valence-electron chi connectivity index (χ3n) is 3.88. The van der Waals surface area contributed by atoms with Crippen LogP contribution in [-0.2, 0) is 19.1 Å². The van der Waals surface area contributed by atoms with E-state index in [-0.39, 0.29) is 30.3 Å². The molecule has 6 nitrogen and oxygen atoms in total. The Morgan fingerprint density at radius 1 is 1.35 bits per heavy atom. The van der Waals surface area contributed by atoms with Crippen molar-refractivity contribution in [2.45, 2.75) is 32.7 Å². The lowest BCUT2D eigenvalue weighted by atomic mass is 9.85. The first-order chi connectivity index (χ1) is 9.52. The van der Waals surface area contributed by atoms with Crippen molar-refractivity contribution in [2.75, 3.05) is 26.3 Å². The van der Waals surface area contributed by atoms with Gasteiger partial charge >= 0.3 is 11.9 Å². The Labute approximate surface area is 118 Å². The molecule has 112 valence electrons. The summed E-state index contributed by atoms with van der Waals surface area (Å²) >= 11 is 0. The van der Waals surface area contributed by atoms with Crippen LogP contribution in [0.4, 0.5) is 0 Å². The van der Waals surface area contributed by atoms with Crippen LogP contribution in [0.5, 0.6) is 0 Å². The zero-order valence-electron chi connectivity index (χ0n) is 11.9. The minimum absolute atomic E-state index is 0.0169. The van der Waals surface area contributed by atoms with Gasteiger partial charge in [-0.15, -0.1) is 0 Å². The second kappa shape index (κ2) is 6.26. The van der Waals surface area contributed by atoms with E-state index in [2.05, 4.69) is 4.90 Å². The monoisotopic (exact) mass is 283 g/mol. The third-order valence-corrected chi connectivity index (χ3v) is 3.88. The number of fused-ring (bicyclic) bond motifs is 2. The lowest BCUT2D eigenvalue weighted by Gasteiger charge is -2.42. The molecule has 0 aromatic carbocycles. The second-order valence-electron chi connectivity index (χ2n) is 5.24. The largest absolute Gasteiger partial charge is 0.511 e. The molecule has 1 N–H and O–H groups in total. The van der Waals surface area contributed by atoms with Gasteiger partial charge in [0.1, 0.15) is 12.4 Å². The van der Waals surface area contributed by atoms with Crippen molar-refractivity contribution in [1.29, 1.82) is 0 Å². The molecule has 6 heteroatoms. The highest BCUT2D eigenvalue weighted by Crippen LogP contribution is 2.33. The molecule has 3 unspecified atom stereocenters. The fourth-order valence-corrected chi connectivity index (χ4v) is 2.84. The Hall–Kier alpha value is -1.56. The summed E-state index contributed by atoms with van der Waals surface area (Å²) in [7, 11) is 0. The minimum Gasteiger partial charge on any atom is -0.511 e. The molecule has 0 saturated carbocycles. The average molecular weight is 283 g/mol. The van der Waals surface area contributed by atoms with E-state index in [9.17, 15) is 14.7 Å². The Kier molecular flexibility index (Phi) is 4.65. The van der Waals surface area contributed by atoms with E-state index in [4.69, 9.17) is 9.47 Å². The highest BCUT2D eigenvalue weighted by atomic mass is 16.5. The Morgan fingerprint density at radius 3 is 2.75 bits per heavy atom. The molecule has 0 aromatic rings. The molecule has 1 fully saturated rings. The maximum atomic E-state index is 11.9. The van der Waals surface area contributed by atoms with Crippen LogP contribution in [0.25, 0.3) is 0 Å². The Morgan fingerprint density at radius 2 is 2.10 bits per heavy atom. The van der Waals surface area contributed by atoms with Crippen LogP contribution < -0.4 is 0 Å². The number of carbonyl (C=O) groups excluding carboxylic acids is 2. The maximum absolute atomic E-state index is 11.9. The summed E-state index contributed by atoms with van der Waals surface area (Å²) in [5.41, 5.74) is 0.343. The zero-order chi connectivity index (χ0) is 14.7. The number of aliphatic hydroxyl groups excluding tert-OH is 1. The van der Waals surface area contributed by atoms with Gasteiger partial charge < -0.3 is 14.6 Å². The first kappa shape index (κ1) is 14.8. The van der Waals surface area contributed by atoms with Gasteiger partial charge in [0, 0.05) is 32.0 Å². The van der Waals surface area contributed by atoms with Crippen molar-refractivity contribution in [3.05, 3.63) is 11.3 Å². The Bertz CT molecular complexity index is 431. The van der Waals surface area contributed by atoms with Crippen molar-refractivity contribution in [3.8, 4) is 0 Å². The molecule has 2 aliphatic heterocycles. The van der Waals surface area contributed by atoms with Crippen LogP contribution in [0.3, 0.4) is 0 Å². The van der Waals surface area contributed by atoms with Gasteiger partial charge in [-0.25, -0.2) is 4.79 Å². The van der Waals surface area contributed by atoms with Gasteiger partial charge in [-0.1, -0.05) is 0 Å². The van der Waals surface area contributed by atoms with E-state index in [0.29, 0.717) is 25.3 Å². The van der Waals surface area contributed by atoms with Gasteiger partial charge in [0.05, 0.1) is 12.2 Å². The van der Waals surface area contributed by atoms with E-state index in [1.165, 1.54) is 6.92 Å². The third kappa shape index (κ3) is 3.12. The number of ether oxygens (including phenoxy) is 2. The summed E-state index contributed by atoms with van der Waals surface area (Å²) in [6.45, 7) is 4.80. The van der Waals surface area contributed by atoms with Gasteiger partial charge in [0.15, 0.2) is 0 Å². The average Bonchev–Trinajstić information content (AvgIpc) is 2.41.